The summed E-state index contributed by atoms with van der Waals surface area (Å²) < 4.78 is 0. The highest BCUT2D eigenvalue weighted by atomic mass is 79.9. The third kappa shape index (κ3) is 4.39. The van der Waals surface area contributed by atoms with Crippen molar-refractivity contribution in [2.24, 2.45) is 0 Å². The van der Waals surface area contributed by atoms with Gasteiger partial charge in [0.2, 0.25) is 0 Å². The number of rotatable bonds is 6. The molecule has 0 saturated carbocycles. The lowest BCUT2D eigenvalue weighted by Crippen LogP contribution is -2.03. The fourth-order valence-electron chi connectivity index (χ4n) is 2.04. The molecule has 0 fully saturated rings. The van der Waals surface area contributed by atoms with Gasteiger partial charge in [0, 0.05) is 22.8 Å². The Labute approximate surface area is 128 Å². The SMILES string of the molecule is Cc1ccccc1CSCC(CBr)c1ccccc1. The molecule has 0 nitrogen and oxygen atoms in total. The van der Waals surface area contributed by atoms with Crippen molar-refractivity contribution in [1.82, 2.24) is 0 Å². The van der Waals surface area contributed by atoms with E-state index in [9.17, 15) is 0 Å². The maximum Gasteiger partial charge on any atom is 0.0187 e. The highest BCUT2D eigenvalue weighted by molar-refractivity contribution is 9.09. The number of halogens is 1. The summed E-state index contributed by atoms with van der Waals surface area (Å²) in [5.74, 6) is 2.85. The summed E-state index contributed by atoms with van der Waals surface area (Å²) in [4.78, 5) is 0. The number of thioether (sulfide) groups is 1. The lowest BCUT2D eigenvalue weighted by molar-refractivity contribution is 0.902. The van der Waals surface area contributed by atoms with E-state index in [1.807, 2.05) is 11.8 Å². The van der Waals surface area contributed by atoms with Gasteiger partial charge in [0.25, 0.3) is 0 Å². The molecule has 0 amide bonds. The molecule has 0 radical (unpaired) electrons. The Hall–Kier alpha value is -0.730. The summed E-state index contributed by atoms with van der Waals surface area (Å²) >= 11 is 5.66. The molecule has 1 atom stereocenters. The van der Waals surface area contributed by atoms with Crippen LogP contribution in [0.25, 0.3) is 0 Å². The molecule has 0 saturated heterocycles. The highest BCUT2D eigenvalue weighted by Crippen LogP contribution is 2.25. The number of alkyl halides is 1. The summed E-state index contributed by atoms with van der Waals surface area (Å²) in [5.41, 5.74) is 4.27. The van der Waals surface area contributed by atoms with Crippen LogP contribution in [0.2, 0.25) is 0 Å². The summed E-state index contributed by atoms with van der Waals surface area (Å²) in [7, 11) is 0. The standard InChI is InChI=1S/C17H19BrS/c1-14-7-5-6-10-16(14)12-19-13-17(11-18)15-8-3-2-4-9-15/h2-10,17H,11-13H2,1H3. The molecule has 2 aromatic rings. The minimum absolute atomic E-state index is 0.593. The topological polar surface area (TPSA) is 0 Å². The summed E-state index contributed by atoms with van der Waals surface area (Å²) in [5, 5.41) is 1.03. The minimum Gasteiger partial charge on any atom is -0.157 e. The molecule has 2 aromatic carbocycles. The molecule has 0 aromatic heterocycles. The van der Waals surface area contributed by atoms with Gasteiger partial charge < -0.3 is 0 Å². The lowest BCUT2D eigenvalue weighted by atomic mass is 10.0. The Morgan fingerprint density at radius 2 is 1.68 bits per heavy atom. The van der Waals surface area contributed by atoms with Gasteiger partial charge in [-0.05, 0) is 23.6 Å². The fourth-order valence-corrected chi connectivity index (χ4v) is 4.20. The maximum absolute atomic E-state index is 3.64. The molecule has 0 heterocycles. The van der Waals surface area contributed by atoms with Crippen LogP contribution in [0.5, 0.6) is 0 Å². The Morgan fingerprint density at radius 1 is 1.00 bits per heavy atom. The van der Waals surface area contributed by atoms with Crippen LogP contribution in [0.1, 0.15) is 22.6 Å². The first-order valence-corrected chi connectivity index (χ1v) is 8.82. The van der Waals surface area contributed by atoms with Crippen LogP contribution in [0.4, 0.5) is 0 Å². The first kappa shape index (κ1) is 14.7. The van der Waals surface area contributed by atoms with E-state index in [0.717, 1.165) is 16.8 Å². The highest BCUT2D eigenvalue weighted by Gasteiger charge is 2.10. The number of aryl methyl sites for hydroxylation is 1. The zero-order valence-electron chi connectivity index (χ0n) is 11.2. The Kier molecular flexibility index (Phi) is 5.99. The van der Waals surface area contributed by atoms with Crippen molar-refractivity contribution in [3.8, 4) is 0 Å². The van der Waals surface area contributed by atoms with Crippen molar-refractivity contribution >= 4 is 27.7 Å². The fraction of sp³-hybridized carbons (Fsp3) is 0.294. The largest absolute Gasteiger partial charge is 0.157 e. The predicted molar refractivity (Wildman–Crippen MR) is 90.3 cm³/mol. The van der Waals surface area contributed by atoms with Gasteiger partial charge >= 0.3 is 0 Å². The molecule has 0 bridgehead atoms. The molecule has 0 aliphatic rings. The number of hydrogen-bond donors (Lipinski definition) is 0. The molecule has 100 valence electrons. The van der Waals surface area contributed by atoms with Crippen molar-refractivity contribution < 1.29 is 0 Å². The maximum atomic E-state index is 3.64. The van der Waals surface area contributed by atoms with Gasteiger partial charge in [-0.3, -0.25) is 0 Å². The average molecular weight is 335 g/mol. The second-order valence-corrected chi connectivity index (χ2v) is 6.38. The Balaban J connectivity index is 1.89. The van der Waals surface area contributed by atoms with E-state index in [0.29, 0.717) is 5.92 Å². The van der Waals surface area contributed by atoms with Crippen molar-refractivity contribution in [1.29, 1.82) is 0 Å². The quantitative estimate of drug-likeness (QED) is 0.636. The summed E-state index contributed by atoms with van der Waals surface area (Å²) in [6, 6.07) is 19.4. The van der Waals surface area contributed by atoms with Crippen LogP contribution in [-0.2, 0) is 5.75 Å². The van der Waals surface area contributed by atoms with Gasteiger partial charge in [-0.1, -0.05) is 70.5 Å². The van der Waals surface area contributed by atoms with Crippen molar-refractivity contribution in [3.05, 3.63) is 71.3 Å². The van der Waals surface area contributed by atoms with E-state index in [2.05, 4.69) is 77.5 Å². The molecule has 2 rings (SSSR count). The smallest absolute Gasteiger partial charge is 0.0187 e. The second-order valence-electron chi connectivity index (χ2n) is 4.70. The van der Waals surface area contributed by atoms with Gasteiger partial charge in [-0.25, -0.2) is 0 Å². The van der Waals surface area contributed by atoms with Gasteiger partial charge in [0.05, 0.1) is 0 Å². The van der Waals surface area contributed by atoms with Gasteiger partial charge in [-0.15, -0.1) is 0 Å². The van der Waals surface area contributed by atoms with E-state index in [1.165, 1.54) is 16.7 Å². The van der Waals surface area contributed by atoms with Crippen molar-refractivity contribution in [3.63, 3.8) is 0 Å². The Morgan fingerprint density at radius 3 is 2.37 bits per heavy atom. The van der Waals surface area contributed by atoms with Gasteiger partial charge in [0.1, 0.15) is 0 Å². The van der Waals surface area contributed by atoms with Crippen LogP contribution in [0.3, 0.4) is 0 Å². The average Bonchev–Trinajstić information content (AvgIpc) is 2.46. The second kappa shape index (κ2) is 7.76. The van der Waals surface area contributed by atoms with E-state index < -0.39 is 0 Å². The van der Waals surface area contributed by atoms with E-state index >= 15 is 0 Å². The first-order valence-electron chi connectivity index (χ1n) is 6.54. The molecule has 19 heavy (non-hydrogen) atoms. The van der Waals surface area contributed by atoms with Crippen LogP contribution < -0.4 is 0 Å². The van der Waals surface area contributed by atoms with E-state index in [-0.39, 0.29) is 0 Å². The zero-order valence-corrected chi connectivity index (χ0v) is 13.6. The molecule has 1 unspecified atom stereocenters. The summed E-state index contributed by atoms with van der Waals surface area (Å²) in [6.45, 7) is 2.19. The third-order valence-corrected chi connectivity index (χ3v) is 5.23. The van der Waals surface area contributed by atoms with Crippen LogP contribution >= 0.6 is 27.7 Å². The zero-order chi connectivity index (χ0) is 13.5. The molecular formula is C17H19BrS. The molecule has 0 N–H and O–H groups in total. The normalized spacial score (nSPS) is 12.3. The van der Waals surface area contributed by atoms with Crippen LogP contribution in [0, 0.1) is 6.92 Å². The monoisotopic (exact) mass is 334 g/mol. The molecular weight excluding hydrogens is 316 g/mol. The molecule has 0 spiro atoms. The van der Waals surface area contributed by atoms with Crippen molar-refractivity contribution in [2.45, 2.75) is 18.6 Å². The van der Waals surface area contributed by atoms with Crippen LogP contribution in [-0.4, -0.2) is 11.1 Å². The van der Waals surface area contributed by atoms with E-state index in [1.54, 1.807) is 0 Å². The van der Waals surface area contributed by atoms with E-state index in [4.69, 9.17) is 0 Å². The third-order valence-electron chi connectivity index (χ3n) is 3.30. The number of benzene rings is 2. The van der Waals surface area contributed by atoms with Crippen molar-refractivity contribution in [2.75, 3.05) is 11.1 Å². The number of hydrogen-bond acceptors (Lipinski definition) is 1. The minimum atomic E-state index is 0.593. The lowest BCUT2D eigenvalue weighted by Gasteiger charge is -2.14. The summed E-state index contributed by atoms with van der Waals surface area (Å²) in [6.07, 6.45) is 0. The van der Waals surface area contributed by atoms with Gasteiger partial charge in [-0.2, -0.15) is 11.8 Å². The first-order chi connectivity index (χ1) is 9.31. The Bertz CT molecular complexity index is 496. The predicted octanol–water partition coefficient (Wildman–Crippen LogP) is 5.41. The molecule has 2 heteroatoms. The van der Waals surface area contributed by atoms with Crippen LogP contribution in [0.15, 0.2) is 54.6 Å². The molecule has 0 aliphatic heterocycles. The molecule has 0 aliphatic carbocycles. The van der Waals surface area contributed by atoms with Gasteiger partial charge in [0.15, 0.2) is 0 Å².